The Morgan fingerprint density at radius 1 is 1.14 bits per heavy atom. The molecular weight excluding hydrogens is 260 g/mol. The molecule has 0 amide bonds. The summed E-state index contributed by atoms with van der Waals surface area (Å²) in [5.41, 5.74) is 5.49. The van der Waals surface area contributed by atoms with Crippen molar-refractivity contribution < 1.29 is 0 Å². The van der Waals surface area contributed by atoms with Crippen LogP contribution in [0.2, 0.25) is 0 Å². The van der Waals surface area contributed by atoms with Crippen molar-refractivity contribution in [3.8, 4) is 6.07 Å². The lowest BCUT2D eigenvalue weighted by Gasteiger charge is -2.23. The number of pyridine rings is 1. The Labute approximate surface area is 126 Å². The van der Waals surface area contributed by atoms with Crippen molar-refractivity contribution in [1.82, 2.24) is 4.98 Å². The molecule has 4 heteroatoms. The number of para-hydroxylation sites is 1. The van der Waals surface area contributed by atoms with Gasteiger partial charge in [-0.05, 0) is 25.0 Å². The van der Waals surface area contributed by atoms with Crippen LogP contribution >= 0.6 is 0 Å². The van der Waals surface area contributed by atoms with E-state index in [1.54, 1.807) is 0 Å². The minimum Gasteiger partial charge on any atom is -0.377 e. The fourth-order valence-electron chi connectivity index (χ4n) is 2.76. The zero-order valence-electron chi connectivity index (χ0n) is 13.4. The Kier molecular flexibility index (Phi) is 4.32. The average Bonchev–Trinajstić information content (AvgIpc) is 2.43. The average molecular weight is 282 g/mol. The van der Waals surface area contributed by atoms with Gasteiger partial charge in [-0.3, -0.25) is 4.98 Å². The number of nitrogens with zero attached hydrogens (tertiary/aromatic N) is 4. The van der Waals surface area contributed by atoms with Crippen LogP contribution in [0.15, 0.2) is 18.2 Å². The molecule has 2 rings (SSSR count). The molecule has 0 aliphatic rings. The summed E-state index contributed by atoms with van der Waals surface area (Å²) in [5, 5.41) is 10.0. The standard InChI is InChI=1S/C17H22N4/c1-12-13(9-7-11-18)17(21(4)5)14-8-6-10-15(20(2)3)16(14)19-12/h6,8,10H,7,9H2,1-5H3. The van der Waals surface area contributed by atoms with Gasteiger partial charge in [0, 0.05) is 45.7 Å². The third-order valence-electron chi connectivity index (χ3n) is 3.69. The minimum atomic E-state index is 0.516. The molecule has 0 saturated heterocycles. The summed E-state index contributed by atoms with van der Waals surface area (Å²) >= 11 is 0. The van der Waals surface area contributed by atoms with Crippen LogP contribution in [-0.4, -0.2) is 33.2 Å². The molecule has 1 aromatic heterocycles. The number of anilines is 2. The molecular formula is C17H22N4. The lowest BCUT2D eigenvalue weighted by molar-refractivity contribution is 0.959. The number of hydrogen-bond acceptors (Lipinski definition) is 4. The number of hydrogen-bond donors (Lipinski definition) is 0. The highest BCUT2D eigenvalue weighted by molar-refractivity contribution is 6.00. The second-order valence-corrected chi connectivity index (χ2v) is 5.64. The van der Waals surface area contributed by atoms with E-state index in [0.717, 1.165) is 28.7 Å². The van der Waals surface area contributed by atoms with Crippen LogP contribution in [0.25, 0.3) is 10.9 Å². The highest BCUT2D eigenvalue weighted by Gasteiger charge is 2.16. The minimum absolute atomic E-state index is 0.516. The molecule has 0 N–H and O–H groups in total. The molecule has 0 spiro atoms. The number of nitriles is 1. The van der Waals surface area contributed by atoms with Gasteiger partial charge in [-0.1, -0.05) is 12.1 Å². The van der Waals surface area contributed by atoms with Gasteiger partial charge in [-0.2, -0.15) is 5.26 Å². The smallest absolute Gasteiger partial charge is 0.0959 e. The first-order chi connectivity index (χ1) is 9.97. The molecule has 1 aromatic carbocycles. The molecule has 0 aliphatic heterocycles. The van der Waals surface area contributed by atoms with Crippen molar-refractivity contribution in [2.45, 2.75) is 19.8 Å². The van der Waals surface area contributed by atoms with Gasteiger partial charge in [0.15, 0.2) is 0 Å². The van der Waals surface area contributed by atoms with Gasteiger partial charge in [0.25, 0.3) is 0 Å². The molecule has 1 heterocycles. The maximum absolute atomic E-state index is 8.89. The molecule has 0 radical (unpaired) electrons. The van der Waals surface area contributed by atoms with Gasteiger partial charge in [-0.15, -0.1) is 0 Å². The molecule has 110 valence electrons. The molecule has 21 heavy (non-hydrogen) atoms. The Morgan fingerprint density at radius 2 is 1.86 bits per heavy atom. The number of benzene rings is 1. The van der Waals surface area contributed by atoms with Crippen LogP contribution < -0.4 is 9.80 Å². The predicted octanol–water partition coefficient (Wildman–Crippen LogP) is 3.13. The molecule has 0 bridgehead atoms. The maximum Gasteiger partial charge on any atom is 0.0959 e. The van der Waals surface area contributed by atoms with Gasteiger partial charge in [-0.25, -0.2) is 0 Å². The molecule has 0 atom stereocenters. The van der Waals surface area contributed by atoms with E-state index in [4.69, 9.17) is 10.2 Å². The van der Waals surface area contributed by atoms with Crippen molar-refractivity contribution in [1.29, 1.82) is 5.26 Å². The highest BCUT2D eigenvalue weighted by Crippen LogP contribution is 2.35. The summed E-state index contributed by atoms with van der Waals surface area (Å²) in [4.78, 5) is 9.03. The summed E-state index contributed by atoms with van der Waals surface area (Å²) in [6.45, 7) is 2.03. The van der Waals surface area contributed by atoms with Gasteiger partial charge >= 0.3 is 0 Å². The van der Waals surface area contributed by atoms with Crippen molar-refractivity contribution in [2.24, 2.45) is 0 Å². The number of aromatic nitrogens is 1. The quantitative estimate of drug-likeness (QED) is 0.864. The van der Waals surface area contributed by atoms with E-state index in [0.29, 0.717) is 6.42 Å². The third-order valence-corrected chi connectivity index (χ3v) is 3.69. The van der Waals surface area contributed by atoms with E-state index >= 15 is 0 Å². The molecule has 0 unspecified atom stereocenters. The van der Waals surface area contributed by atoms with Crippen molar-refractivity contribution in [3.63, 3.8) is 0 Å². The molecule has 2 aromatic rings. The van der Waals surface area contributed by atoms with Crippen LogP contribution in [0.1, 0.15) is 17.7 Å². The summed E-state index contributed by atoms with van der Waals surface area (Å²) in [5.74, 6) is 0. The summed E-state index contributed by atoms with van der Waals surface area (Å²) in [6, 6.07) is 8.50. The maximum atomic E-state index is 8.89. The topological polar surface area (TPSA) is 43.2 Å². The SMILES string of the molecule is Cc1nc2c(N(C)C)cccc2c(N(C)C)c1CCC#N. The van der Waals surface area contributed by atoms with Crippen molar-refractivity contribution in [2.75, 3.05) is 38.0 Å². The van der Waals surface area contributed by atoms with E-state index in [9.17, 15) is 0 Å². The fraction of sp³-hybridized carbons (Fsp3) is 0.412. The van der Waals surface area contributed by atoms with E-state index in [1.807, 2.05) is 35.1 Å². The van der Waals surface area contributed by atoms with Crippen molar-refractivity contribution in [3.05, 3.63) is 29.5 Å². The zero-order valence-corrected chi connectivity index (χ0v) is 13.4. The lowest BCUT2D eigenvalue weighted by Crippen LogP contribution is -2.15. The van der Waals surface area contributed by atoms with Crippen LogP contribution in [0, 0.1) is 18.3 Å². The van der Waals surface area contributed by atoms with Crippen molar-refractivity contribution >= 4 is 22.3 Å². The Bertz CT molecular complexity index is 696. The van der Waals surface area contributed by atoms with E-state index in [2.05, 4.69) is 34.1 Å². The molecule has 0 aliphatic carbocycles. The van der Waals surface area contributed by atoms with Crippen LogP contribution in [0.5, 0.6) is 0 Å². The predicted molar refractivity (Wildman–Crippen MR) is 89.1 cm³/mol. The largest absolute Gasteiger partial charge is 0.377 e. The normalized spacial score (nSPS) is 10.5. The second kappa shape index (κ2) is 6.01. The monoisotopic (exact) mass is 282 g/mol. The van der Waals surface area contributed by atoms with Crippen LogP contribution in [0.3, 0.4) is 0 Å². The zero-order chi connectivity index (χ0) is 15.6. The van der Waals surface area contributed by atoms with Gasteiger partial charge in [0.2, 0.25) is 0 Å². The Morgan fingerprint density at radius 3 is 2.43 bits per heavy atom. The molecule has 0 fully saturated rings. The van der Waals surface area contributed by atoms with Gasteiger partial charge in [0.05, 0.1) is 23.0 Å². The Balaban J connectivity index is 2.80. The first kappa shape index (κ1) is 15.1. The first-order valence-corrected chi connectivity index (χ1v) is 7.11. The summed E-state index contributed by atoms with van der Waals surface area (Å²) < 4.78 is 0. The first-order valence-electron chi connectivity index (χ1n) is 7.11. The third kappa shape index (κ3) is 2.78. The number of aryl methyl sites for hydroxylation is 1. The van der Waals surface area contributed by atoms with Crippen LogP contribution in [0.4, 0.5) is 11.4 Å². The van der Waals surface area contributed by atoms with E-state index < -0.39 is 0 Å². The Hall–Kier alpha value is -2.28. The highest BCUT2D eigenvalue weighted by atomic mass is 15.1. The number of rotatable bonds is 4. The van der Waals surface area contributed by atoms with Crippen LogP contribution in [-0.2, 0) is 6.42 Å². The fourth-order valence-corrected chi connectivity index (χ4v) is 2.76. The molecule has 4 nitrogen and oxygen atoms in total. The lowest BCUT2D eigenvalue weighted by atomic mass is 10.0. The molecule has 0 saturated carbocycles. The van der Waals surface area contributed by atoms with Gasteiger partial charge < -0.3 is 9.80 Å². The van der Waals surface area contributed by atoms with E-state index in [1.165, 1.54) is 11.3 Å². The van der Waals surface area contributed by atoms with Gasteiger partial charge in [0.1, 0.15) is 0 Å². The number of fused-ring (bicyclic) bond motifs is 1. The summed E-state index contributed by atoms with van der Waals surface area (Å²) in [6.07, 6.45) is 1.26. The second-order valence-electron chi connectivity index (χ2n) is 5.64. The van der Waals surface area contributed by atoms with E-state index in [-0.39, 0.29) is 0 Å². The summed E-state index contributed by atoms with van der Waals surface area (Å²) in [7, 11) is 8.16.